The highest BCUT2D eigenvalue weighted by Crippen LogP contribution is 2.23. The molecule has 124 valence electrons. The number of aryl methyl sites for hydroxylation is 1. The van der Waals surface area contributed by atoms with Crippen molar-refractivity contribution < 1.29 is 4.79 Å². The van der Waals surface area contributed by atoms with Gasteiger partial charge in [-0.05, 0) is 44.5 Å². The molecule has 0 aliphatic heterocycles. The van der Waals surface area contributed by atoms with E-state index in [4.69, 9.17) is 0 Å². The molecule has 0 fully saturated rings. The molecule has 2 rings (SSSR count). The SMILES string of the molecule is CCN(CC)c1ccc(NC(=O)Cc2csc(NC)n2)c(C)c1. The quantitative estimate of drug-likeness (QED) is 0.814. The largest absolute Gasteiger partial charge is 0.372 e. The fraction of sp³-hybridized carbons (Fsp3) is 0.412. The molecule has 0 atom stereocenters. The van der Waals surface area contributed by atoms with Crippen LogP contribution in [0.5, 0.6) is 0 Å². The van der Waals surface area contributed by atoms with Gasteiger partial charge in [0.1, 0.15) is 0 Å². The third kappa shape index (κ3) is 4.45. The standard InChI is InChI=1S/C17H24N4OS/c1-5-21(6-2)14-7-8-15(12(3)9-14)20-16(22)10-13-11-23-17(18-4)19-13/h7-9,11H,5-6,10H2,1-4H3,(H,18,19)(H,20,22). The Balaban J connectivity index is 2.03. The van der Waals surface area contributed by atoms with Crippen molar-refractivity contribution in [2.24, 2.45) is 0 Å². The molecule has 0 aliphatic rings. The van der Waals surface area contributed by atoms with Crippen molar-refractivity contribution in [3.05, 3.63) is 34.8 Å². The van der Waals surface area contributed by atoms with Gasteiger partial charge in [-0.15, -0.1) is 11.3 Å². The van der Waals surface area contributed by atoms with Crippen molar-refractivity contribution in [1.29, 1.82) is 0 Å². The molecule has 1 amide bonds. The van der Waals surface area contributed by atoms with Crippen LogP contribution < -0.4 is 15.5 Å². The molecule has 0 unspecified atom stereocenters. The van der Waals surface area contributed by atoms with Crippen molar-refractivity contribution in [3.63, 3.8) is 0 Å². The molecule has 23 heavy (non-hydrogen) atoms. The van der Waals surface area contributed by atoms with Crippen LogP contribution in [0.15, 0.2) is 23.6 Å². The van der Waals surface area contributed by atoms with Crippen LogP contribution >= 0.6 is 11.3 Å². The first-order valence-corrected chi connectivity index (χ1v) is 8.72. The van der Waals surface area contributed by atoms with Crippen molar-refractivity contribution in [1.82, 2.24) is 4.98 Å². The Morgan fingerprint density at radius 3 is 2.61 bits per heavy atom. The predicted molar refractivity (Wildman–Crippen MR) is 98.7 cm³/mol. The molecule has 0 spiro atoms. The predicted octanol–water partition coefficient (Wildman–Crippen LogP) is 3.52. The van der Waals surface area contributed by atoms with Crippen LogP contribution in [0.1, 0.15) is 25.1 Å². The third-order valence-electron chi connectivity index (χ3n) is 3.72. The van der Waals surface area contributed by atoms with Gasteiger partial charge in [0.2, 0.25) is 5.91 Å². The lowest BCUT2D eigenvalue weighted by Gasteiger charge is -2.22. The molecule has 1 heterocycles. The van der Waals surface area contributed by atoms with Gasteiger partial charge in [0.25, 0.3) is 0 Å². The molecule has 1 aromatic carbocycles. The van der Waals surface area contributed by atoms with Gasteiger partial charge in [0, 0.05) is 36.9 Å². The number of aromatic nitrogens is 1. The topological polar surface area (TPSA) is 57.3 Å². The van der Waals surface area contributed by atoms with Gasteiger partial charge in [-0.1, -0.05) is 0 Å². The van der Waals surface area contributed by atoms with Gasteiger partial charge in [-0.25, -0.2) is 4.98 Å². The van der Waals surface area contributed by atoms with E-state index >= 15 is 0 Å². The Kier molecular flexibility index (Phi) is 5.98. The molecule has 0 radical (unpaired) electrons. The van der Waals surface area contributed by atoms with E-state index in [9.17, 15) is 4.79 Å². The number of hydrogen-bond acceptors (Lipinski definition) is 5. The van der Waals surface area contributed by atoms with Crippen molar-refractivity contribution >= 4 is 33.8 Å². The molecule has 6 heteroatoms. The highest BCUT2D eigenvalue weighted by atomic mass is 32.1. The lowest BCUT2D eigenvalue weighted by Crippen LogP contribution is -2.22. The summed E-state index contributed by atoms with van der Waals surface area (Å²) in [6, 6.07) is 6.14. The Morgan fingerprint density at radius 1 is 1.30 bits per heavy atom. The number of carbonyl (C=O) groups excluding carboxylic acids is 1. The number of benzene rings is 1. The summed E-state index contributed by atoms with van der Waals surface area (Å²) >= 11 is 1.50. The number of carbonyl (C=O) groups is 1. The van der Waals surface area contributed by atoms with Crippen LogP contribution in [0.2, 0.25) is 0 Å². The summed E-state index contributed by atoms with van der Waals surface area (Å²) in [7, 11) is 1.82. The monoisotopic (exact) mass is 332 g/mol. The van der Waals surface area contributed by atoms with E-state index in [1.807, 2.05) is 25.4 Å². The summed E-state index contributed by atoms with van der Waals surface area (Å²) < 4.78 is 0. The van der Waals surface area contributed by atoms with E-state index in [-0.39, 0.29) is 12.3 Å². The van der Waals surface area contributed by atoms with E-state index < -0.39 is 0 Å². The van der Waals surface area contributed by atoms with Gasteiger partial charge < -0.3 is 15.5 Å². The van der Waals surface area contributed by atoms with Crippen LogP contribution in [0, 0.1) is 6.92 Å². The van der Waals surface area contributed by atoms with E-state index in [1.54, 1.807) is 0 Å². The number of hydrogen-bond donors (Lipinski definition) is 2. The number of anilines is 3. The van der Waals surface area contributed by atoms with Gasteiger partial charge in [0.05, 0.1) is 12.1 Å². The molecular weight excluding hydrogens is 308 g/mol. The van der Waals surface area contributed by atoms with Crippen LogP contribution in [-0.2, 0) is 11.2 Å². The summed E-state index contributed by atoms with van der Waals surface area (Å²) in [6.07, 6.45) is 0.287. The number of thiazole rings is 1. The normalized spacial score (nSPS) is 10.4. The molecular formula is C17H24N4OS. The van der Waals surface area contributed by atoms with Gasteiger partial charge in [-0.2, -0.15) is 0 Å². The second-order valence-electron chi connectivity index (χ2n) is 5.29. The van der Waals surface area contributed by atoms with Crippen LogP contribution in [-0.4, -0.2) is 31.0 Å². The molecule has 5 nitrogen and oxygen atoms in total. The second kappa shape index (κ2) is 7.97. The Bertz CT molecular complexity index is 664. The number of amides is 1. The van der Waals surface area contributed by atoms with Gasteiger partial charge >= 0.3 is 0 Å². The van der Waals surface area contributed by atoms with Gasteiger partial charge in [-0.3, -0.25) is 4.79 Å². The first-order chi connectivity index (χ1) is 11.1. The van der Waals surface area contributed by atoms with Crippen molar-refractivity contribution in [2.45, 2.75) is 27.2 Å². The molecule has 0 aliphatic carbocycles. The summed E-state index contributed by atoms with van der Waals surface area (Å²) in [5.74, 6) is -0.0448. The zero-order valence-corrected chi connectivity index (χ0v) is 15.0. The van der Waals surface area contributed by atoms with E-state index in [1.165, 1.54) is 17.0 Å². The maximum absolute atomic E-state index is 12.2. The molecule has 1 aromatic heterocycles. The minimum atomic E-state index is -0.0448. The van der Waals surface area contributed by atoms with Crippen LogP contribution in [0.25, 0.3) is 0 Å². The zero-order valence-electron chi connectivity index (χ0n) is 14.1. The van der Waals surface area contributed by atoms with Crippen molar-refractivity contribution in [2.75, 3.05) is 35.7 Å². The Labute approximate surface area is 141 Å². The zero-order chi connectivity index (χ0) is 16.8. The minimum Gasteiger partial charge on any atom is -0.372 e. The maximum atomic E-state index is 12.2. The number of nitrogens with one attached hydrogen (secondary N) is 2. The first kappa shape index (κ1) is 17.3. The minimum absolute atomic E-state index is 0.0448. The first-order valence-electron chi connectivity index (χ1n) is 7.85. The number of nitrogens with zero attached hydrogens (tertiary/aromatic N) is 2. The Morgan fingerprint density at radius 2 is 2.04 bits per heavy atom. The smallest absolute Gasteiger partial charge is 0.230 e. The highest BCUT2D eigenvalue weighted by Gasteiger charge is 2.10. The fourth-order valence-electron chi connectivity index (χ4n) is 2.44. The van der Waals surface area contributed by atoms with Crippen LogP contribution in [0.3, 0.4) is 0 Å². The lowest BCUT2D eigenvalue weighted by atomic mass is 10.1. The third-order valence-corrected chi connectivity index (χ3v) is 4.63. The maximum Gasteiger partial charge on any atom is 0.230 e. The van der Waals surface area contributed by atoms with E-state index in [2.05, 4.69) is 46.5 Å². The number of rotatable bonds is 7. The summed E-state index contributed by atoms with van der Waals surface area (Å²) in [4.78, 5) is 18.8. The summed E-state index contributed by atoms with van der Waals surface area (Å²) in [5.41, 5.74) is 3.89. The summed E-state index contributed by atoms with van der Waals surface area (Å²) in [5, 5.41) is 8.68. The average Bonchev–Trinajstić information content (AvgIpc) is 2.98. The Hall–Kier alpha value is -2.08. The summed E-state index contributed by atoms with van der Waals surface area (Å²) in [6.45, 7) is 8.24. The molecule has 2 N–H and O–H groups in total. The second-order valence-corrected chi connectivity index (χ2v) is 6.15. The molecule has 2 aromatic rings. The van der Waals surface area contributed by atoms with E-state index in [0.29, 0.717) is 0 Å². The highest BCUT2D eigenvalue weighted by molar-refractivity contribution is 7.13. The molecule has 0 saturated carbocycles. The average molecular weight is 332 g/mol. The lowest BCUT2D eigenvalue weighted by molar-refractivity contribution is -0.115. The van der Waals surface area contributed by atoms with Crippen LogP contribution in [0.4, 0.5) is 16.5 Å². The molecule has 0 bridgehead atoms. The fourth-order valence-corrected chi connectivity index (χ4v) is 3.11. The van der Waals surface area contributed by atoms with E-state index in [0.717, 1.165) is 35.2 Å². The van der Waals surface area contributed by atoms with Crippen molar-refractivity contribution in [3.8, 4) is 0 Å². The van der Waals surface area contributed by atoms with Gasteiger partial charge in [0.15, 0.2) is 5.13 Å². The molecule has 0 saturated heterocycles.